The number of nitrogens with one attached hydrogen (secondary N) is 1. The number of aliphatic hydroxyl groups is 3. The standard InChI is InChI=1S/C13H23NO8/c1-7(16)14-10-12(20)11(19)8(6-15)22-13(10)21-5-3-2-4-9(17)18/h8,10-13,15,19-20H,2-6H2,1H3,(H,14,16)(H,17,18). The summed E-state index contributed by atoms with van der Waals surface area (Å²) >= 11 is 0. The molecule has 0 aromatic heterocycles. The molecule has 1 fully saturated rings. The average Bonchev–Trinajstić information content (AvgIpc) is 2.45. The molecule has 1 rings (SSSR count). The van der Waals surface area contributed by atoms with Crippen LogP contribution in [0.2, 0.25) is 0 Å². The molecule has 0 saturated carbocycles. The number of carboxylic acids is 1. The van der Waals surface area contributed by atoms with Crippen molar-refractivity contribution in [2.24, 2.45) is 0 Å². The Hall–Kier alpha value is -1.26. The van der Waals surface area contributed by atoms with Crippen LogP contribution in [0.4, 0.5) is 0 Å². The van der Waals surface area contributed by atoms with Gasteiger partial charge in [0.05, 0.1) is 6.61 Å². The Labute approximate surface area is 127 Å². The van der Waals surface area contributed by atoms with Gasteiger partial charge in [0, 0.05) is 20.0 Å². The summed E-state index contributed by atoms with van der Waals surface area (Å²) < 4.78 is 10.8. The van der Waals surface area contributed by atoms with Gasteiger partial charge in [0.2, 0.25) is 5.91 Å². The molecule has 5 atom stereocenters. The van der Waals surface area contributed by atoms with Crippen molar-refractivity contribution in [3.63, 3.8) is 0 Å². The molecule has 0 aliphatic carbocycles. The van der Waals surface area contributed by atoms with Crippen LogP contribution in [0.1, 0.15) is 26.2 Å². The second kappa shape index (κ2) is 9.01. The monoisotopic (exact) mass is 321 g/mol. The lowest BCUT2D eigenvalue weighted by Crippen LogP contribution is -2.64. The Morgan fingerprint density at radius 2 is 1.91 bits per heavy atom. The van der Waals surface area contributed by atoms with Crippen LogP contribution in [0.25, 0.3) is 0 Å². The quantitative estimate of drug-likeness (QED) is 0.329. The molecule has 128 valence electrons. The Kier molecular flexibility index (Phi) is 7.69. The van der Waals surface area contributed by atoms with Gasteiger partial charge in [-0.15, -0.1) is 0 Å². The minimum atomic E-state index is -1.35. The maximum atomic E-state index is 11.2. The summed E-state index contributed by atoms with van der Waals surface area (Å²) in [6.45, 7) is 0.903. The Morgan fingerprint density at radius 3 is 2.45 bits per heavy atom. The molecule has 1 heterocycles. The molecule has 5 unspecified atom stereocenters. The third-order valence-electron chi connectivity index (χ3n) is 3.32. The highest BCUT2D eigenvalue weighted by Crippen LogP contribution is 2.22. The van der Waals surface area contributed by atoms with Crippen LogP contribution in [0, 0.1) is 0 Å². The van der Waals surface area contributed by atoms with Gasteiger partial charge in [0.25, 0.3) is 0 Å². The minimum absolute atomic E-state index is 0.0185. The smallest absolute Gasteiger partial charge is 0.303 e. The molecule has 22 heavy (non-hydrogen) atoms. The van der Waals surface area contributed by atoms with Crippen LogP contribution >= 0.6 is 0 Å². The highest BCUT2D eigenvalue weighted by atomic mass is 16.7. The SMILES string of the molecule is CC(=O)NC1C(OCCCCC(=O)O)OC(CO)C(O)C1O. The molecule has 1 aliphatic heterocycles. The maximum Gasteiger partial charge on any atom is 0.303 e. The summed E-state index contributed by atoms with van der Waals surface area (Å²) in [5.74, 6) is -1.33. The van der Waals surface area contributed by atoms with Crippen LogP contribution in [0.15, 0.2) is 0 Å². The predicted molar refractivity (Wildman–Crippen MR) is 72.8 cm³/mol. The van der Waals surface area contributed by atoms with Gasteiger partial charge in [0.15, 0.2) is 6.29 Å². The van der Waals surface area contributed by atoms with E-state index >= 15 is 0 Å². The maximum absolute atomic E-state index is 11.2. The van der Waals surface area contributed by atoms with Gasteiger partial charge in [-0.3, -0.25) is 9.59 Å². The number of carbonyl (C=O) groups excluding carboxylic acids is 1. The summed E-state index contributed by atoms with van der Waals surface area (Å²) in [6.07, 6.45) is -3.87. The topological polar surface area (TPSA) is 146 Å². The first-order valence-corrected chi connectivity index (χ1v) is 7.09. The van der Waals surface area contributed by atoms with Crippen molar-refractivity contribution in [2.45, 2.75) is 56.8 Å². The van der Waals surface area contributed by atoms with E-state index in [9.17, 15) is 19.8 Å². The summed E-state index contributed by atoms with van der Waals surface area (Å²) in [4.78, 5) is 21.6. The number of hydrogen-bond donors (Lipinski definition) is 5. The van der Waals surface area contributed by atoms with E-state index in [2.05, 4.69) is 5.32 Å². The van der Waals surface area contributed by atoms with E-state index in [0.717, 1.165) is 0 Å². The molecular weight excluding hydrogens is 298 g/mol. The third-order valence-corrected chi connectivity index (χ3v) is 3.32. The van der Waals surface area contributed by atoms with E-state index in [4.69, 9.17) is 19.7 Å². The molecular formula is C13H23NO8. The number of carbonyl (C=O) groups is 2. The van der Waals surface area contributed by atoms with Gasteiger partial charge in [-0.05, 0) is 12.8 Å². The van der Waals surface area contributed by atoms with Gasteiger partial charge in [-0.25, -0.2) is 0 Å². The molecule has 1 amide bonds. The number of unbranched alkanes of at least 4 members (excludes halogenated alkanes) is 1. The van der Waals surface area contributed by atoms with Crippen molar-refractivity contribution in [3.05, 3.63) is 0 Å². The van der Waals surface area contributed by atoms with Gasteiger partial charge < -0.3 is 35.2 Å². The number of hydrogen-bond acceptors (Lipinski definition) is 7. The largest absolute Gasteiger partial charge is 0.481 e. The molecule has 1 aliphatic rings. The number of aliphatic hydroxyl groups excluding tert-OH is 3. The van der Waals surface area contributed by atoms with E-state index in [1.54, 1.807) is 0 Å². The fraction of sp³-hybridized carbons (Fsp3) is 0.846. The first-order valence-electron chi connectivity index (χ1n) is 7.09. The average molecular weight is 321 g/mol. The van der Waals surface area contributed by atoms with Crippen molar-refractivity contribution in [1.29, 1.82) is 0 Å². The van der Waals surface area contributed by atoms with Crippen LogP contribution < -0.4 is 5.32 Å². The van der Waals surface area contributed by atoms with E-state index in [1.807, 2.05) is 0 Å². The van der Waals surface area contributed by atoms with E-state index in [-0.39, 0.29) is 13.0 Å². The summed E-state index contributed by atoms with van der Waals surface area (Å²) in [5.41, 5.74) is 0. The van der Waals surface area contributed by atoms with Gasteiger partial charge in [-0.2, -0.15) is 0 Å². The zero-order valence-electron chi connectivity index (χ0n) is 12.3. The summed E-state index contributed by atoms with van der Waals surface area (Å²) in [7, 11) is 0. The zero-order valence-corrected chi connectivity index (χ0v) is 12.3. The predicted octanol–water partition coefficient (Wildman–Crippen LogP) is -1.80. The van der Waals surface area contributed by atoms with E-state index in [1.165, 1.54) is 6.92 Å². The molecule has 9 heteroatoms. The van der Waals surface area contributed by atoms with Crippen molar-refractivity contribution < 1.29 is 39.5 Å². The van der Waals surface area contributed by atoms with Gasteiger partial charge in [0.1, 0.15) is 24.4 Å². The first kappa shape index (κ1) is 18.8. The lowest BCUT2D eigenvalue weighted by molar-refractivity contribution is -0.270. The molecule has 0 bridgehead atoms. The number of amides is 1. The fourth-order valence-corrected chi connectivity index (χ4v) is 2.19. The van der Waals surface area contributed by atoms with Crippen molar-refractivity contribution in [2.75, 3.05) is 13.2 Å². The second-order valence-electron chi connectivity index (χ2n) is 5.15. The van der Waals surface area contributed by atoms with Crippen LogP contribution in [-0.4, -0.2) is 76.2 Å². The van der Waals surface area contributed by atoms with Crippen molar-refractivity contribution in [3.8, 4) is 0 Å². The summed E-state index contributed by atoms with van der Waals surface area (Å²) in [6, 6.07) is -0.977. The van der Waals surface area contributed by atoms with Crippen LogP contribution in [-0.2, 0) is 19.1 Å². The first-order chi connectivity index (χ1) is 10.4. The van der Waals surface area contributed by atoms with Gasteiger partial charge in [-0.1, -0.05) is 0 Å². The van der Waals surface area contributed by atoms with Crippen LogP contribution in [0.5, 0.6) is 0 Å². The Balaban J connectivity index is 2.57. The lowest BCUT2D eigenvalue weighted by atomic mass is 9.97. The van der Waals surface area contributed by atoms with Crippen LogP contribution in [0.3, 0.4) is 0 Å². The molecule has 0 spiro atoms. The Bertz CT molecular complexity index is 377. The number of rotatable bonds is 8. The molecule has 5 N–H and O–H groups in total. The molecule has 0 radical (unpaired) electrons. The van der Waals surface area contributed by atoms with E-state index in [0.29, 0.717) is 12.8 Å². The second-order valence-corrected chi connectivity index (χ2v) is 5.15. The highest BCUT2D eigenvalue weighted by molar-refractivity contribution is 5.73. The van der Waals surface area contributed by atoms with Crippen molar-refractivity contribution >= 4 is 11.9 Å². The number of ether oxygens (including phenoxy) is 2. The molecule has 1 saturated heterocycles. The molecule has 9 nitrogen and oxygen atoms in total. The number of carboxylic acid groups (broad SMARTS) is 1. The highest BCUT2D eigenvalue weighted by Gasteiger charge is 2.45. The summed E-state index contributed by atoms with van der Waals surface area (Å²) in [5, 5.41) is 39.9. The molecule has 0 aromatic rings. The molecule has 0 aromatic carbocycles. The van der Waals surface area contributed by atoms with Crippen molar-refractivity contribution in [1.82, 2.24) is 5.32 Å². The van der Waals surface area contributed by atoms with Gasteiger partial charge >= 0.3 is 5.97 Å². The lowest BCUT2D eigenvalue weighted by Gasteiger charge is -2.42. The Morgan fingerprint density at radius 1 is 1.23 bits per heavy atom. The van der Waals surface area contributed by atoms with E-state index < -0.39 is 49.1 Å². The minimum Gasteiger partial charge on any atom is -0.481 e. The normalized spacial score (nSPS) is 31.7. The zero-order chi connectivity index (χ0) is 16.7. The fourth-order valence-electron chi connectivity index (χ4n) is 2.19. The third kappa shape index (κ3) is 5.50. The number of aliphatic carboxylic acids is 1.